The van der Waals surface area contributed by atoms with Crippen molar-refractivity contribution in [3.8, 4) is 0 Å². The fraction of sp³-hybridized carbons (Fsp3) is 0.706. The molecule has 4 atom stereocenters. The molecule has 0 aliphatic carbocycles. The van der Waals surface area contributed by atoms with Gasteiger partial charge in [0.1, 0.15) is 0 Å². The summed E-state index contributed by atoms with van der Waals surface area (Å²) < 4.78 is 9.61. The van der Waals surface area contributed by atoms with E-state index >= 15 is 0 Å². The Morgan fingerprint density at radius 3 is 2.14 bits per heavy atom. The van der Waals surface area contributed by atoms with Crippen LogP contribution in [-0.4, -0.2) is 41.7 Å². The second-order valence-electron chi connectivity index (χ2n) is 7.37. The van der Waals surface area contributed by atoms with Gasteiger partial charge in [-0.3, -0.25) is 0 Å². The zero-order valence-corrected chi connectivity index (χ0v) is 19.8. The van der Waals surface area contributed by atoms with Gasteiger partial charge in [-0.15, -0.1) is 0 Å². The molecule has 0 spiro atoms. The Balaban J connectivity index is 5.23. The van der Waals surface area contributed by atoms with Gasteiger partial charge in [-0.2, -0.15) is 0 Å². The molecule has 0 aromatic carbocycles. The molecular weight excluding hydrogens is 498 g/mol. The molecular formula is C17H31IO3Sn. The van der Waals surface area contributed by atoms with Crippen LogP contribution in [0.15, 0.2) is 20.3 Å². The Hall–Kier alpha value is 0.439. The third-order valence-electron chi connectivity index (χ3n) is 3.61. The molecule has 0 heterocycles. The zero-order valence-electron chi connectivity index (χ0n) is 14.8. The molecule has 0 amide bonds. The summed E-state index contributed by atoms with van der Waals surface area (Å²) in [5.74, 6) is -0.233. The molecule has 0 rings (SSSR count). The number of ether oxygens (including phenoxy) is 1. The summed E-state index contributed by atoms with van der Waals surface area (Å²) in [6.07, 6.45) is 2.78. The van der Waals surface area contributed by atoms with Crippen LogP contribution >= 0.6 is 22.6 Å². The Bertz CT molecular complexity index is 399. The minimum absolute atomic E-state index is 0.0888. The zero-order chi connectivity index (χ0) is 17.5. The van der Waals surface area contributed by atoms with Crippen LogP contribution in [-0.2, 0) is 9.53 Å². The predicted octanol–water partition coefficient (Wildman–Crippen LogP) is 4.57. The van der Waals surface area contributed by atoms with E-state index in [-0.39, 0.29) is 29.8 Å². The number of aliphatic hydroxyl groups excluding tert-OH is 1. The molecule has 0 aliphatic heterocycles. The number of carbonyl (C=O) groups is 1. The predicted molar refractivity (Wildman–Crippen MR) is 105 cm³/mol. The van der Waals surface area contributed by atoms with Crippen LogP contribution in [0.25, 0.3) is 0 Å². The Morgan fingerprint density at radius 2 is 1.73 bits per heavy atom. The van der Waals surface area contributed by atoms with Crippen molar-refractivity contribution in [2.24, 2.45) is 17.8 Å². The maximum atomic E-state index is 11.8. The molecule has 128 valence electrons. The Morgan fingerprint density at radius 1 is 1.18 bits per heavy atom. The van der Waals surface area contributed by atoms with E-state index in [2.05, 4.69) is 31.9 Å². The summed E-state index contributed by atoms with van der Waals surface area (Å²) >= 11 is -0.00999. The fourth-order valence-corrected chi connectivity index (χ4v) is 5.08. The SMILES string of the molecule is CC(C)[C@H](O)[C@H](C)[C@@H](OC(=O)/C=C/I)[C@@H](C)/C=[CH]/[Sn]([CH3])([CH3])[CH3]. The fourth-order valence-electron chi connectivity index (χ4n) is 2.27. The number of hydrogen-bond acceptors (Lipinski definition) is 3. The third kappa shape index (κ3) is 8.91. The maximum absolute atomic E-state index is 11.8. The van der Waals surface area contributed by atoms with Crippen molar-refractivity contribution >= 4 is 46.9 Å². The first-order chi connectivity index (χ1) is 9.99. The van der Waals surface area contributed by atoms with Gasteiger partial charge >= 0.3 is 154 Å². The van der Waals surface area contributed by atoms with Crippen LogP contribution in [0.1, 0.15) is 27.7 Å². The van der Waals surface area contributed by atoms with E-state index in [1.54, 1.807) is 4.08 Å². The summed E-state index contributed by atoms with van der Waals surface area (Å²) in [4.78, 5) is 18.9. The van der Waals surface area contributed by atoms with Gasteiger partial charge in [0.25, 0.3) is 0 Å². The van der Waals surface area contributed by atoms with E-state index in [9.17, 15) is 9.90 Å². The molecule has 0 bridgehead atoms. The van der Waals surface area contributed by atoms with Gasteiger partial charge < -0.3 is 0 Å². The molecule has 22 heavy (non-hydrogen) atoms. The second kappa shape index (κ2) is 10.3. The van der Waals surface area contributed by atoms with Crippen LogP contribution in [0.4, 0.5) is 0 Å². The van der Waals surface area contributed by atoms with Crippen LogP contribution in [0.2, 0.25) is 14.8 Å². The van der Waals surface area contributed by atoms with Crippen molar-refractivity contribution in [3.05, 3.63) is 20.3 Å². The van der Waals surface area contributed by atoms with Crippen molar-refractivity contribution in [1.82, 2.24) is 0 Å². The van der Waals surface area contributed by atoms with Gasteiger partial charge in [0, 0.05) is 0 Å². The van der Waals surface area contributed by atoms with Crippen molar-refractivity contribution in [3.63, 3.8) is 0 Å². The number of carbonyl (C=O) groups excluding carboxylic acids is 1. The topological polar surface area (TPSA) is 46.5 Å². The molecule has 0 saturated carbocycles. The number of esters is 1. The minimum atomic E-state index is -2.01. The molecule has 0 radical (unpaired) electrons. The summed E-state index contributed by atoms with van der Waals surface area (Å²) in [5, 5.41) is 10.4. The van der Waals surface area contributed by atoms with Crippen LogP contribution in [0.5, 0.6) is 0 Å². The summed E-state index contributed by atoms with van der Waals surface area (Å²) in [7, 11) is 0. The van der Waals surface area contributed by atoms with E-state index < -0.39 is 24.5 Å². The molecule has 1 N–H and O–H groups in total. The summed E-state index contributed by atoms with van der Waals surface area (Å²) in [6.45, 7) is 7.98. The Kier molecular flexibility index (Phi) is 10.5. The van der Waals surface area contributed by atoms with E-state index in [4.69, 9.17) is 4.74 Å². The monoisotopic (exact) mass is 530 g/mol. The van der Waals surface area contributed by atoms with Gasteiger partial charge in [-0.25, -0.2) is 0 Å². The molecule has 0 aliphatic rings. The average Bonchev–Trinajstić information content (AvgIpc) is 2.40. The molecule has 0 aromatic heterocycles. The first kappa shape index (κ1) is 22.4. The molecule has 0 unspecified atom stereocenters. The molecule has 0 fully saturated rings. The molecule has 5 heteroatoms. The van der Waals surface area contributed by atoms with Crippen LogP contribution in [0, 0.1) is 17.8 Å². The van der Waals surface area contributed by atoms with Gasteiger partial charge in [-0.1, -0.05) is 0 Å². The van der Waals surface area contributed by atoms with E-state index in [0.717, 1.165) is 0 Å². The van der Waals surface area contributed by atoms with Gasteiger partial charge in [0.05, 0.1) is 0 Å². The number of halogens is 1. The van der Waals surface area contributed by atoms with Crippen molar-refractivity contribution in [2.75, 3.05) is 0 Å². The van der Waals surface area contributed by atoms with Crippen LogP contribution in [0.3, 0.4) is 0 Å². The second-order valence-corrected chi connectivity index (χ2v) is 22.5. The van der Waals surface area contributed by atoms with Crippen molar-refractivity contribution in [1.29, 1.82) is 0 Å². The molecule has 0 aromatic rings. The average molecular weight is 529 g/mol. The molecule has 3 nitrogen and oxygen atoms in total. The first-order valence-electron chi connectivity index (χ1n) is 7.84. The van der Waals surface area contributed by atoms with Gasteiger partial charge in [0.2, 0.25) is 0 Å². The van der Waals surface area contributed by atoms with Gasteiger partial charge in [0.15, 0.2) is 0 Å². The van der Waals surface area contributed by atoms with E-state index in [1.807, 2.05) is 43.4 Å². The quantitative estimate of drug-likeness (QED) is 0.217. The van der Waals surface area contributed by atoms with E-state index in [0.29, 0.717) is 0 Å². The normalized spacial score (nSPS) is 18.6. The third-order valence-corrected chi connectivity index (χ3v) is 7.37. The number of hydrogen-bond donors (Lipinski definition) is 1. The van der Waals surface area contributed by atoms with Crippen LogP contribution < -0.4 is 0 Å². The summed E-state index contributed by atoms with van der Waals surface area (Å²) in [5.41, 5.74) is 0. The number of rotatable bonds is 8. The van der Waals surface area contributed by atoms with Gasteiger partial charge in [-0.05, 0) is 0 Å². The number of aliphatic hydroxyl groups is 1. The summed E-state index contributed by atoms with van der Waals surface area (Å²) in [6, 6.07) is 0. The van der Waals surface area contributed by atoms with Crippen molar-refractivity contribution < 1.29 is 14.6 Å². The van der Waals surface area contributed by atoms with Crippen molar-refractivity contribution in [2.45, 2.75) is 54.7 Å². The first-order valence-corrected chi connectivity index (χ1v) is 19.3. The molecule has 0 saturated heterocycles. The standard InChI is InChI=1S/C14H22IO3.3CH3.Sn/c1-6-10(4)14(18-12(16)7-8-15)11(5)13(17)9(2)3;;;;/h1,6-11,13-14,17H,2-5H3;3*1H3;/b6-1?,8-7+;;;;/t10-,11-,13-,14-;;;;/m0..../s1. The van der Waals surface area contributed by atoms with E-state index in [1.165, 1.54) is 6.08 Å². The Labute approximate surface area is 153 Å².